The molecule has 0 spiro atoms. The van der Waals surface area contributed by atoms with E-state index >= 15 is 0 Å². The number of nitrogens with two attached hydrogens (primary N) is 4. The number of ketones is 2. The van der Waals surface area contributed by atoms with Gasteiger partial charge in [-0.25, -0.2) is 19.9 Å². The Kier molecular flexibility index (Phi) is 18.5. The predicted octanol–water partition coefficient (Wildman–Crippen LogP) is 4.11. The first-order valence-electron chi connectivity index (χ1n) is 23.6. The number of anilines is 4. The number of piperidine rings is 2. The monoisotopic (exact) mass is 972 g/mol. The first-order valence-corrected chi connectivity index (χ1v) is 24.0. The van der Waals surface area contributed by atoms with E-state index in [0.717, 1.165) is 49.9 Å². The van der Waals surface area contributed by atoms with Crippen LogP contribution in [0.5, 0.6) is 6.01 Å². The van der Waals surface area contributed by atoms with Gasteiger partial charge in [-0.1, -0.05) is 13.8 Å². The highest BCUT2D eigenvalue weighted by Gasteiger charge is 2.28. The molecule has 2 saturated heterocycles. The Morgan fingerprint density at radius 2 is 1.07 bits per heavy atom. The molecule has 0 radical (unpaired) electrons. The number of hydrogen-bond acceptors (Lipinski definition) is 18. The lowest BCUT2D eigenvalue weighted by Crippen LogP contribution is -2.34. The minimum atomic E-state index is -0.643. The summed E-state index contributed by atoms with van der Waals surface area (Å²) in [5, 5.41) is 26.7. The van der Waals surface area contributed by atoms with Crippen LogP contribution in [-0.2, 0) is 0 Å². The standard InChI is InChI=1S/C24H32N6O4.C20H25ClN6O3.C4H8O/c1-14(12-31)10-20(32)19-11-21(29-24(28-19)34-13-15-2-3-15)30-8-6-16(7-9-30)18-5-4-17(25)22(27-18)23(26)33;1-11(10-28)8-16(29)15-9-17(26-20(21)25-15)27-6-4-12(5-7-27)14-3-2-13(22)18(24-14)19(23)30;5-3-4-1-2-4/h4-5,11,14-16,31H,2-3,6-10,12-13,25H2,1H3,(H2,26,33);2-3,9,11-12,28H,4-8,10,22H2,1H3,(H2,23,30);4-5H,1-3H2/t14-;11-;/m00./s1. The van der Waals surface area contributed by atoms with Crippen molar-refractivity contribution in [1.82, 2.24) is 29.9 Å². The zero-order valence-electron chi connectivity index (χ0n) is 39.3. The molecular formula is C48H65ClN12O8. The number of carbonyl (C=O) groups is 4. The van der Waals surface area contributed by atoms with E-state index in [1.165, 1.54) is 12.8 Å². The van der Waals surface area contributed by atoms with Gasteiger partial charge in [-0.05, 0) is 111 Å². The summed E-state index contributed by atoms with van der Waals surface area (Å²) in [7, 11) is 0. The fraction of sp³-hybridized carbons (Fsp3) is 0.542. The van der Waals surface area contributed by atoms with Crippen molar-refractivity contribution in [1.29, 1.82) is 0 Å². The molecule has 0 aromatic carbocycles. The van der Waals surface area contributed by atoms with Crippen LogP contribution in [0.4, 0.5) is 23.0 Å². The van der Waals surface area contributed by atoms with Crippen molar-refractivity contribution in [2.45, 2.75) is 89.9 Å². The zero-order chi connectivity index (χ0) is 49.8. The summed E-state index contributed by atoms with van der Waals surface area (Å²) in [5.41, 5.74) is 25.2. The molecule has 21 heteroatoms. The van der Waals surface area contributed by atoms with Crippen molar-refractivity contribution >= 4 is 58.0 Å². The van der Waals surface area contributed by atoms with E-state index in [9.17, 15) is 24.3 Å². The average Bonchev–Trinajstić information content (AvgIpc) is 4.30. The third-order valence-electron chi connectivity index (χ3n) is 12.6. The van der Waals surface area contributed by atoms with Crippen LogP contribution in [0.2, 0.25) is 5.28 Å². The van der Waals surface area contributed by atoms with Crippen LogP contribution in [0.1, 0.15) is 143 Å². The third-order valence-corrected chi connectivity index (χ3v) is 12.7. The summed E-state index contributed by atoms with van der Waals surface area (Å²) >= 11 is 6.05. The smallest absolute Gasteiger partial charge is 0.319 e. The first-order chi connectivity index (χ1) is 33.0. The lowest BCUT2D eigenvalue weighted by atomic mass is 9.92. The van der Waals surface area contributed by atoms with Crippen molar-refractivity contribution in [2.24, 2.45) is 35.1 Å². The lowest BCUT2D eigenvalue weighted by Gasteiger charge is -2.33. The number of nitrogen functional groups attached to an aromatic ring is 2. The van der Waals surface area contributed by atoms with E-state index in [4.69, 9.17) is 49.5 Å². The SMILES string of the molecule is C[C@H](CO)CC(=O)c1cc(N2CCC(c3ccc(N)c(C(N)=O)n3)CC2)nc(Cl)n1.C[C@H](CO)CC(=O)c1cc(N2CCC(c3ccc(N)c(C(N)=O)n3)CC2)nc(OCC2CC2)n1.OCC1CC1. The summed E-state index contributed by atoms with van der Waals surface area (Å²) in [4.78, 5) is 78.5. The molecule has 8 rings (SSSR count). The Labute approximate surface area is 406 Å². The third kappa shape index (κ3) is 15.2. The number of primary amides is 2. The topological polar surface area (TPSA) is 326 Å². The van der Waals surface area contributed by atoms with Crippen LogP contribution in [0.25, 0.3) is 0 Å². The highest BCUT2D eigenvalue weighted by molar-refractivity contribution is 6.28. The van der Waals surface area contributed by atoms with Crippen molar-refractivity contribution in [2.75, 3.05) is 73.9 Å². The summed E-state index contributed by atoms with van der Waals surface area (Å²) < 4.78 is 5.80. The number of carbonyl (C=O) groups excluding carboxylic acids is 4. The predicted molar refractivity (Wildman–Crippen MR) is 260 cm³/mol. The molecule has 4 aliphatic rings. The fourth-order valence-corrected chi connectivity index (χ4v) is 8.05. The molecule has 4 fully saturated rings. The number of Topliss-reactive ketones (excluding diaryl/α,β-unsaturated/α-hetero) is 2. The molecule has 69 heavy (non-hydrogen) atoms. The van der Waals surface area contributed by atoms with Gasteiger partial charge in [0.1, 0.15) is 23.0 Å². The molecule has 6 heterocycles. The maximum Gasteiger partial charge on any atom is 0.319 e. The molecule has 20 nitrogen and oxygen atoms in total. The molecule has 0 bridgehead atoms. The van der Waals surface area contributed by atoms with E-state index in [2.05, 4.69) is 34.8 Å². The summed E-state index contributed by atoms with van der Waals surface area (Å²) in [6.07, 6.45) is 8.35. The number of rotatable bonds is 18. The Balaban J connectivity index is 0.000000207. The molecule has 4 aromatic heterocycles. The highest BCUT2D eigenvalue weighted by atomic mass is 35.5. The Hall–Kier alpha value is -6.09. The molecule has 4 aromatic rings. The van der Waals surface area contributed by atoms with Crippen molar-refractivity contribution < 1.29 is 39.2 Å². The number of aliphatic hydroxyl groups is 3. The van der Waals surface area contributed by atoms with Gasteiger partial charge in [0.05, 0.1) is 18.0 Å². The van der Waals surface area contributed by atoms with E-state index in [1.54, 1.807) is 31.2 Å². The summed E-state index contributed by atoms with van der Waals surface area (Å²) in [6, 6.07) is 10.6. The molecule has 2 saturated carbocycles. The Morgan fingerprint density at radius 3 is 1.46 bits per heavy atom. The van der Waals surface area contributed by atoms with Gasteiger partial charge in [-0.15, -0.1) is 0 Å². The largest absolute Gasteiger partial charge is 0.463 e. The van der Waals surface area contributed by atoms with E-state index in [1.807, 2.05) is 24.0 Å². The van der Waals surface area contributed by atoms with Gasteiger partial charge in [0, 0.05) is 94.2 Å². The highest BCUT2D eigenvalue weighted by Crippen LogP contribution is 2.34. The summed E-state index contributed by atoms with van der Waals surface area (Å²) in [5.74, 6) is 0.905. The average molecular weight is 974 g/mol. The van der Waals surface area contributed by atoms with Crippen LogP contribution in [0, 0.1) is 23.7 Å². The van der Waals surface area contributed by atoms with Crippen LogP contribution in [0.3, 0.4) is 0 Å². The Bertz CT molecular complexity index is 2420. The molecular weight excluding hydrogens is 908 g/mol. The normalized spacial score (nSPS) is 17.1. The summed E-state index contributed by atoms with van der Waals surface area (Å²) in [6.45, 7) is 7.21. The molecule has 2 aliphatic carbocycles. The maximum absolute atomic E-state index is 12.8. The fourth-order valence-electron chi connectivity index (χ4n) is 7.87. The van der Waals surface area contributed by atoms with Crippen molar-refractivity contribution in [3.8, 4) is 6.01 Å². The number of amides is 2. The number of ether oxygens (including phenoxy) is 1. The van der Waals surface area contributed by atoms with Gasteiger partial charge in [-0.3, -0.25) is 19.2 Å². The van der Waals surface area contributed by atoms with Crippen LogP contribution in [0.15, 0.2) is 36.4 Å². The van der Waals surface area contributed by atoms with Crippen LogP contribution < -0.4 is 37.5 Å². The second kappa shape index (κ2) is 24.5. The minimum Gasteiger partial charge on any atom is -0.463 e. The quantitative estimate of drug-likeness (QED) is 0.0545. The minimum absolute atomic E-state index is 0.0147. The van der Waals surface area contributed by atoms with E-state index < -0.39 is 11.8 Å². The maximum atomic E-state index is 12.8. The van der Waals surface area contributed by atoms with Crippen molar-refractivity contribution in [3.63, 3.8) is 0 Å². The van der Waals surface area contributed by atoms with E-state index in [-0.39, 0.29) is 101 Å². The van der Waals surface area contributed by atoms with Gasteiger partial charge in [-0.2, -0.15) is 9.97 Å². The van der Waals surface area contributed by atoms with Crippen LogP contribution >= 0.6 is 11.6 Å². The first kappa shape index (κ1) is 52.3. The van der Waals surface area contributed by atoms with Gasteiger partial charge < -0.3 is 52.8 Å². The number of nitrogens with zero attached hydrogens (tertiary/aromatic N) is 8. The zero-order valence-corrected chi connectivity index (χ0v) is 40.1. The number of pyridine rings is 2. The second-order valence-electron chi connectivity index (χ2n) is 18.6. The molecule has 372 valence electrons. The molecule has 11 N–H and O–H groups in total. The molecule has 2 amide bonds. The van der Waals surface area contributed by atoms with Gasteiger partial charge >= 0.3 is 6.01 Å². The molecule has 0 unspecified atom stereocenters. The van der Waals surface area contributed by atoms with Crippen molar-refractivity contribution in [3.05, 3.63) is 75.8 Å². The molecule has 2 aliphatic heterocycles. The second-order valence-corrected chi connectivity index (χ2v) is 18.9. The molecule has 2 atom stereocenters. The number of aromatic nitrogens is 6. The van der Waals surface area contributed by atoms with Gasteiger partial charge in [0.25, 0.3) is 11.8 Å². The Morgan fingerprint density at radius 1 is 0.638 bits per heavy atom. The van der Waals surface area contributed by atoms with E-state index in [0.29, 0.717) is 68.6 Å². The lowest BCUT2D eigenvalue weighted by molar-refractivity contribution is 0.0930. The van der Waals surface area contributed by atoms with Crippen LogP contribution in [-0.4, -0.2) is 121 Å². The number of halogens is 1. The van der Waals surface area contributed by atoms with Gasteiger partial charge in [0.2, 0.25) is 5.28 Å². The van der Waals surface area contributed by atoms with Gasteiger partial charge in [0.15, 0.2) is 23.0 Å². The number of hydrogen-bond donors (Lipinski definition) is 7. The number of aliphatic hydroxyl groups excluding tert-OH is 3.